The maximum atomic E-state index is 14.0. The Bertz CT molecular complexity index is 1310. The van der Waals surface area contributed by atoms with Gasteiger partial charge >= 0.3 is 0 Å². The molecule has 3 rings (SSSR count). The lowest BCUT2D eigenvalue weighted by atomic mass is 10.1. The summed E-state index contributed by atoms with van der Waals surface area (Å²) in [6.07, 6.45) is 0.364. The third-order valence-corrected chi connectivity index (χ3v) is 8.02. The van der Waals surface area contributed by atoms with Crippen molar-refractivity contribution >= 4 is 27.5 Å². The van der Waals surface area contributed by atoms with Crippen LogP contribution in [-0.2, 0) is 26.2 Å². The van der Waals surface area contributed by atoms with E-state index in [-0.39, 0.29) is 23.3 Å². The van der Waals surface area contributed by atoms with E-state index in [4.69, 9.17) is 4.74 Å². The second kappa shape index (κ2) is 13.8. The van der Waals surface area contributed by atoms with Crippen LogP contribution in [0.4, 0.5) is 5.69 Å². The van der Waals surface area contributed by atoms with Gasteiger partial charge in [0.2, 0.25) is 11.8 Å². The van der Waals surface area contributed by atoms with Crippen LogP contribution in [0.15, 0.2) is 89.8 Å². The zero-order valence-electron chi connectivity index (χ0n) is 22.9. The highest BCUT2D eigenvalue weighted by Gasteiger charge is 2.33. The van der Waals surface area contributed by atoms with E-state index in [1.807, 2.05) is 32.9 Å². The number of hydrogen-bond acceptors (Lipinski definition) is 5. The number of amides is 2. The Morgan fingerprint density at radius 3 is 2.03 bits per heavy atom. The van der Waals surface area contributed by atoms with E-state index in [9.17, 15) is 18.0 Å². The van der Waals surface area contributed by atoms with Crippen LogP contribution in [0.25, 0.3) is 0 Å². The fourth-order valence-corrected chi connectivity index (χ4v) is 5.55. The van der Waals surface area contributed by atoms with Gasteiger partial charge in [0.1, 0.15) is 18.3 Å². The lowest BCUT2D eigenvalue weighted by Crippen LogP contribution is -2.52. The number of rotatable bonds is 13. The second-order valence-electron chi connectivity index (χ2n) is 9.59. The van der Waals surface area contributed by atoms with Crippen molar-refractivity contribution in [2.24, 2.45) is 5.92 Å². The number of nitrogens with zero attached hydrogens (tertiary/aromatic N) is 2. The standard InChI is InChI=1S/C30H37N3O5S/c1-5-28(30(35)31-20-23(2)3)32(21-24-16-18-26(38-4)19-17-24)29(34)22-33(25-12-8-6-9-13-25)39(36,37)27-14-10-7-11-15-27/h6-19,23,28H,5,20-22H2,1-4H3,(H,31,35)/t28-/m1/s1. The first kappa shape index (κ1) is 29.7. The largest absolute Gasteiger partial charge is 0.497 e. The van der Waals surface area contributed by atoms with Crippen LogP contribution >= 0.6 is 0 Å². The molecule has 9 heteroatoms. The molecule has 2 amide bonds. The van der Waals surface area contributed by atoms with Crippen molar-refractivity contribution in [1.82, 2.24) is 10.2 Å². The van der Waals surface area contributed by atoms with Crippen LogP contribution in [0.3, 0.4) is 0 Å². The molecule has 0 aliphatic heterocycles. The van der Waals surface area contributed by atoms with Crippen LogP contribution in [0.2, 0.25) is 0 Å². The normalized spacial score (nSPS) is 12.0. The van der Waals surface area contributed by atoms with Gasteiger partial charge in [-0.05, 0) is 54.3 Å². The van der Waals surface area contributed by atoms with E-state index in [1.54, 1.807) is 67.8 Å². The van der Waals surface area contributed by atoms with Gasteiger partial charge in [0.05, 0.1) is 17.7 Å². The number of carbonyl (C=O) groups is 2. The first-order valence-corrected chi connectivity index (χ1v) is 14.4. The van der Waals surface area contributed by atoms with E-state index >= 15 is 0 Å². The topological polar surface area (TPSA) is 96.0 Å². The molecule has 0 aliphatic rings. The Morgan fingerprint density at radius 1 is 0.897 bits per heavy atom. The average Bonchev–Trinajstić information content (AvgIpc) is 2.95. The molecule has 208 valence electrons. The molecule has 0 radical (unpaired) electrons. The third-order valence-electron chi connectivity index (χ3n) is 6.24. The summed E-state index contributed by atoms with van der Waals surface area (Å²) in [4.78, 5) is 28.8. The van der Waals surface area contributed by atoms with Crippen molar-refractivity contribution in [3.63, 3.8) is 0 Å². The van der Waals surface area contributed by atoms with Gasteiger partial charge in [-0.25, -0.2) is 8.42 Å². The van der Waals surface area contributed by atoms with Crippen LogP contribution in [0.5, 0.6) is 5.75 Å². The quantitative estimate of drug-likeness (QED) is 0.338. The fraction of sp³-hybridized carbons (Fsp3) is 0.333. The molecule has 0 unspecified atom stereocenters. The molecule has 0 saturated carbocycles. The van der Waals surface area contributed by atoms with Gasteiger partial charge in [0, 0.05) is 13.1 Å². The highest BCUT2D eigenvalue weighted by molar-refractivity contribution is 7.92. The Labute approximate surface area is 231 Å². The van der Waals surface area contributed by atoms with Crippen molar-refractivity contribution in [1.29, 1.82) is 0 Å². The minimum absolute atomic E-state index is 0.0741. The van der Waals surface area contributed by atoms with Crippen LogP contribution in [-0.4, -0.2) is 51.4 Å². The number of benzene rings is 3. The summed E-state index contributed by atoms with van der Waals surface area (Å²) >= 11 is 0. The zero-order valence-corrected chi connectivity index (χ0v) is 23.7. The first-order valence-electron chi connectivity index (χ1n) is 13.0. The number of para-hydroxylation sites is 1. The van der Waals surface area contributed by atoms with Crippen molar-refractivity contribution in [3.8, 4) is 5.75 Å². The molecule has 3 aromatic rings. The summed E-state index contributed by atoms with van der Waals surface area (Å²) in [5.74, 6) is 0.148. The van der Waals surface area contributed by atoms with Gasteiger partial charge in [-0.3, -0.25) is 13.9 Å². The molecule has 8 nitrogen and oxygen atoms in total. The second-order valence-corrected chi connectivity index (χ2v) is 11.5. The minimum Gasteiger partial charge on any atom is -0.497 e. The Morgan fingerprint density at radius 2 is 1.49 bits per heavy atom. The van der Waals surface area contributed by atoms with Crippen LogP contribution in [0.1, 0.15) is 32.8 Å². The number of anilines is 1. The highest BCUT2D eigenvalue weighted by Crippen LogP contribution is 2.25. The van der Waals surface area contributed by atoms with E-state index in [2.05, 4.69) is 5.32 Å². The number of ether oxygens (including phenoxy) is 1. The van der Waals surface area contributed by atoms with Gasteiger partial charge in [0.15, 0.2) is 0 Å². The third kappa shape index (κ3) is 7.83. The lowest BCUT2D eigenvalue weighted by molar-refractivity contribution is -0.140. The predicted molar refractivity (Wildman–Crippen MR) is 153 cm³/mol. The van der Waals surface area contributed by atoms with Gasteiger partial charge in [-0.15, -0.1) is 0 Å². The summed E-state index contributed by atoms with van der Waals surface area (Å²) < 4.78 is 33.8. The smallest absolute Gasteiger partial charge is 0.264 e. The molecule has 0 saturated heterocycles. The van der Waals surface area contributed by atoms with Crippen molar-refractivity contribution in [3.05, 3.63) is 90.5 Å². The van der Waals surface area contributed by atoms with Gasteiger partial charge < -0.3 is 15.0 Å². The molecule has 0 fully saturated rings. The molecular weight excluding hydrogens is 514 g/mol. The van der Waals surface area contributed by atoms with Crippen LogP contribution in [0, 0.1) is 5.92 Å². The molecule has 39 heavy (non-hydrogen) atoms. The van der Waals surface area contributed by atoms with E-state index in [0.29, 0.717) is 24.4 Å². The number of methoxy groups -OCH3 is 1. The monoisotopic (exact) mass is 551 g/mol. The van der Waals surface area contributed by atoms with Gasteiger partial charge in [-0.1, -0.05) is 69.3 Å². The van der Waals surface area contributed by atoms with Crippen molar-refractivity contribution in [2.45, 2.75) is 44.7 Å². The molecule has 0 bridgehead atoms. The Balaban J connectivity index is 2.00. The SMILES string of the molecule is CC[C@H](C(=O)NCC(C)C)N(Cc1ccc(OC)cc1)C(=O)CN(c1ccccc1)S(=O)(=O)c1ccccc1. The number of nitrogens with one attached hydrogen (secondary N) is 1. The molecule has 0 aromatic heterocycles. The minimum atomic E-state index is -4.07. The Kier molecular flexibility index (Phi) is 10.5. The molecule has 0 aliphatic carbocycles. The summed E-state index contributed by atoms with van der Waals surface area (Å²) in [6, 6.07) is 23.0. The molecule has 0 spiro atoms. The number of carbonyl (C=O) groups excluding carboxylic acids is 2. The van der Waals surface area contributed by atoms with E-state index in [0.717, 1.165) is 9.87 Å². The molecule has 3 aromatic carbocycles. The molecule has 0 heterocycles. The fourth-order valence-electron chi connectivity index (χ4n) is 4.11. The highest BCUT2D eigenvalue weighted by atomic mass is 32.2. The van der Waals surface area contributed by atoms with E-state index < -0.39 is 28.5 Å². The maximum Gasteiger partial charge on any atom is 0.264 e. The molecular formula is C30H37N3O5S. The van der Waals surface area contributed by atoms with Crippen LogP contribution < -0.4 is 14.4 Å². The lowest BCUT2D eigenvalue weighted by Gasteiger charge is -2.33. The zero-order chi connectivity index (χ0) is 28.4. The number of sulfonamides is 1. The summed E-state index contributed by atoms with van der Waals surface area (Å²) in [5, 5.41) is 2.93. The first-order chi connectivity index (χ1) is 18.7. The summed E-state index contributed by atoms with van der Waals surface area (Å²) in [5.41, 5.74) is 1.15. The maximum absolute atomic E-state index is 14.0. The Hall–Kier alpha value is -3.85. The van der Waals surface area contributed by atoms with E-state index in [1.165, 1.54) is 17.0 Å². The molecule has 1 atom stereocenters. The number of hydrogen-bond donors (Lipinski definition) is 1. The summed E-state index contributed by atoms with van der Waals surface area (Å²) in [7, 11) is -2.50. The van der Waals surface area contributed by atoms with Gasteiger partial charge in [0.25, 0.3) is 10.0 Å². The molecule has 1 N–H and O–H groups in total. The van der Waals surface area contributed by atoms with Crippen molar-refractivity contribution < 1.29 is 22.7 Å². The predicted octanol–water partition coefficient (Wildman–Crippen LogP) is 4.47. The average molecular weight is 552 g/mol. The summed E-state index contributed by atoms with van der Waals surface area (Å²) in [6.45, 7) is 5.96. The van der Waals surface area contributed by atoms with Crippen molar-refractivity contribution in [2.75, 3.05) is 24.5 Å². The van der Waals surface area contributed by atoms with Gasteiger partial charge in [-0.2, -0.15) is 0 Å².